The second-order valence-corrected chi connectivity index (χ2v) is 5.21. The second-order valence-electron chi connectivity index (χ2n) is 5.21. The molecule has 0 aromatic heterocycles. The van der Waals surface area contributed by atoms with Crippen LogP contribution in [0.3, 0.4) is 0 Å². The number of benzene rings is 3. The van der Waals surface area contributed by atoms with Crippen molar-refractivity contribution < 1.29 is 9.13 Å². The van der Waals surface area contributed by atoms with E-state index in [9.17, 15) is 4.39 Å². The summed E-state index contributed by atoms with van der Waals surface area (Å²) in [6.07, 6.45) is 0. The topological polar surface area (TPSA) is 21.3 Å². The SMILES string of the molecule is Fc1ccccc1COc1ccccc1CNc1ccccc1. The van der Waals surface area contributed by atoms with E-state index in [-0.39, 0.29) is 12.4 Å². The first kappa shape index (κ1) is 15.1. The second kappa shape index (κ2) is 7.45. The maximum absolute atomic E-state index is 13.7. The Morgan fingerprint density at radius 3 is 2.17 bits per heavy atom. The van der Waals surface area contributed by atoms with E-state index in [0.717, 1.165) is 17.0 Å². The Morgan fingerprint density at radius 1 is 0.739 bits per heavy atom. The van der Waals surface area contributed by atoms with Gasteiger partial charge in [0.25, 0.3) is 0 Å². The summed E-state index contributed by atoms with van der Waals surface area (Å²) >= 11 is 0. The fourth-order valence-electron chi connectivity index (χ4n) is 2.31. The molecule has 0 saturated heterocycles. The number of nitrogens with one attached hydrogen (secondary N) is 1. The standard InChI is InChI=1S/C20H18FNO/c21-19-12-6-4-9-17(19)15-23-20-13-7-5-8-16(20)14-22-18-10-2-1-3-11-18/h1-13,22H,14-15H2. The minimum atomic E-state index is -0.243. The summed E-state index contributed by atoms with van der Waals surface area (Å²) in [6.45, 7) is 0.868. The molecule has 116 valence electrons. The number of rotatable bonds is 6. The number of halogens is 1. The molecule has 0 bridgehead atoms. The van der Waals surface area contributed by atoms with E-state index in [2.05, 4.69) is 5.32 Å². The minimum Gasteiger partial charge on any atom is -0.488 e. The van der Waals surface area contributed by atoms with Crippen LogP contribution >= 0.6 is 0 Å². The fraction of sp³-hybridized carbons (Fsp3) is 0.100. The van der Waals surface area contributed by atoms with Crippen LogP contribution in [0.25, 0.3) is 0 Å². The molecule has 0 aliphatic heterocycles. The van der Waals surface area contributed by atoms with Crippen LogP contribution in [0.4, 0.5) is 10.1 Å². The molecule has 3 heteroatoms. The summed E-state index contributed by atoms with van der Waals surface area (Å²) in [5, 5.41) is 3.36. The summed E-state index contributed by atoms with van der Waals surface area (Å²) in [5.74, 6) is 0.520. The highest BCUT2D eigenvalue weighted by molar-refractivity contribution is 5.45. The largest absolute Gasteiger partial charge is 0.488 e. The summed E-state index contributed by atoms with van der Waals surface area (Å²) in [5.41, 5.74) is 2.64. The Bertz CT molecular complexity index is 758. The number of hydrogen-bond donors (Lipinski definition) is 1. The lowest BCUT2D eigenvalue weighted by molar-refractivity contribution is 0.297. The van der Waals surface area contributed by atoms with Gasteiger partial charge in [0, 0.05) is 23.4 Å². The first-order valence-corrected chi connectivity index (χ1v) is 7.56. The van der Waals surface area contributed by atoms with E-state index in [1.807, 2.05) is 60.7 Å². The van der Waals surface area contributed by atoms with Crippen LogP contribution in [0.5, 0.6) is 5.75 Å². The molecule has 0 spiro atoms. The molecular weight excluding hydrogens is 289 g/mol. The Morgan fingerprint density at radius 2 is 1.39 bits per heavy atom. The molecule has 1 N–H and O–H groups in total. The average molecular weight is 307 g/mol. The molecule has 2 nitrogen and oxygen atoms in total. The zero-order chi connectivity index (χ0) is 15.9. The summed E-state index contributed by atoms with van der Waals surface area (Å²) in [7, 11) is 0. The first-order chi connectivity index (χ1) is 11.3. The molecule has 0 amide bonds. The lowest BCUT2D eigenvalue weighted by Crippen LogP contribution is -2.04. The Labute approximate surface area is 135 Å². The van der Waals surface area contributed by atoms with Gasteiger partial charge in [-0.05, 0) is 24.3 Å². The average Bonchev–Trinajstić information content (AvgIpc) is 2.61. The van der Waals surface area contributed by atoms with Gasteiger partial charge >= 0.3 is 0 Å². The lowest BCUT2D eigenvalue weighted by Gasteiger charge is -2.13. The third-order valence-corrected chi connectivity index (χ3v) is 3.57. The van der Waals surface area contributed by atoms with Crippen molar-refractivity contribution in [1.29, 1.82) is 0 Å². The molecule has 0 aliphatic carbocycles. The molecule has 0 saturated carbocycles. The predicted octanol–water partition coefficient (Wildman–Crippen LogP) is 5.02. The summed E-state index contributed by atoms with van der Waals surface area (Å²) in [4.78, 5) is 0. The van der Waals surface area contributed by atoms with Gasteiger partial charge < -0.3 is 10.1 Å². The van der Waals surface area contributed by atoms with Gasteiger partial charge in [0.1, 0.15) is 18.2 Å². The van der Waals surface area contributed by atoms with Crippen molar-refractivity contribution in [2.24, 2.45) is 0 Å². The third kappa shape index (κ3) is 4.10. The molecule has 0 heterocycles. The van der Waals surface area contributed by atoms with Crippen molar-refractivity contribution in [3.05, 3.63) is 95.8 Å². The van der Waals surface area contributed by atoms with Gasteiger partial charge in [0.15, 0.2) is 0 Å². The van der Waals surface area contributed by atoms with Crippen molar-refractivity contribution in [2.45, 2.75) is 13.2 Å². The normalized spacial score (nSPS) is 10.3. The zero-order valence-corrected chi connectivity index (χ0v) is 12.7. The van der Waals surface area contributed by atoms with Crippen LogP contribution in [0, 0.1) is 5.82 Å². The highest BCUT2D eigenvalue weighted by atomic mass is 19.1. The predicted molar refractivity (Wildman–Crippen MR) is 90.9 cm³/mol. The minimum absolute atomic E-state index is 0.217. The van der Waals surface area contributed by atoms with Crippen LogP contribution < -0.4 is 10.1 Å². The Hall–Kier alpha value is -2.81. The van der Waals surface area contributed by atoms with Crippen molar-refractivity contribution in [3.63, 3.8) is 0 Å². The fourth-order valence-corrected chi connectivity index (χ4v) is 2.31. The van der Waals surface area contributed by atoms with Gasteiger partial charge in [-0.25, -0.2) is 4.39 Å². The monoisotopic (exact) mass is 307 g/mol. The molecule has 0 unspecified atom stereocenters. The van der Waals surface area contributed by atoms with Gasteiger partial charge in [-0.3, -0.25) is 0 Å². The molecule has 3 aromatic carbocycles. The maximum atomic E-state index is 13.7. The number of ether oxygens (including phenoxy) is 1. The Kier molecular flexibility index (Phi) is 4.89. The molecular formula is C20H18FNO. The summed E-state index contributed by atoms with van der Waals surface area (Å²) < 4.78 is 19.5. The van der Waals surface area contributed by atoms with Crippen LogP contribution in [-0.4, -0.2) is 0 Å². The van der Waals surface area contributed by atoms with E-state index in [1.54, 1.807) is 12.1 Å². The quantitative estimate of drug-likeness (QED) is 0.690. The highest BCUT2D eigenvalue weighted by Gasteiger charge is 2.06. The molecule has 3 rings (SSSR count). The number of hydrogen-bond acceptors (Lipinski definition) is 2. The van der Waals surface area contributed by atoms with Crippen molar-refractivity contribution >= 4 is 5.69 Å². The molecule has 3 aromatic rings. The molecule has 0 fully saturated rings. The van der Waals surface area contributed by atoms with Gasteiger partial charge in [-0.1, -0.05) is 54.6 Å². The van der Waals surface area contributed by atoms with E-state index in [1.165, 1.54) is 6.07 Å². The van der Waals surface area contributed by atoms with Gasteiger partial charge in [-0.15, -0.1) is 0 Å². The van der Waals surface area contributed by atoms with E-state index in [4.69, 9.17) is 4.74 Å². The van der Waals surface area contributed by atoms with Gasteiger partial charge in [0.2, 0.25) is 0 Å². The van der Waals surface area contributed by atoms with Gasteiger partial charge in [-0.2, -0.15) is 0 Å². The Balaban J connectivity index is 1.67. The van der Waals surface area contributed by atoms with Gasteiger partial charge in [0.05, 0.1) is 0 Å². The molecule has 0 aliphatic rings. The van der Waals surface area contributed by atoms with Crippen LogP contribution in [0.2, 0.25) is 0 Å². The maximum Gasteiger partial charge on any atom is 0.129 e. The summed E-state index contributed by atoms with van der Waals surface area (Å²) in [6, 6.07) is 24.5. The third-order valence-electron chi connectivity index (χ3n) is 3.57. The molecule has 0 atom stereocenters. The first-order valence-electron chi connectivity index (χ1n) is 7.56. The van der Waals surface area contributed by atoms with Crippen molar-refractivity contribution in [2.75, 3.05) is 5.32 Å². The molecule has 23 heavy (non-hydrogen) atoms. The van der Waals surface area contributed by atoms with E-state index < -0.39 is 0 Å². The highest BCUT2D eigenvalue weighted by Crippen LogP contribution is 2.21. The zero-order valence-electron chi connectivity index (χ0n) is 12.7. The van der Waals surface area contributed by atoms with E-state index >= 15 is 0 Å². The number of anilines is 1. The lowest BCUT2D eigenvalue weighted by atomic mass is 10.2. The van der Waals surface area contributed by atoms with Crippen LogP contribution in [0.15, 0.2) is 78.9 Å². The van der Waals surface area contributed by atoms with Crippen LogP contribution in [-0.2, 0) is 13.2 Å². The van der Waals surface area contributed by atoms with Crippen molar-refractivity contribution in [1.82, 2.24) is 0 Å². The molecule has 0 radical (unpaired) electrons. The van der Waals surface area contributed by atoms with Crippen LogP contribution in [0.1, 0.15) is 11.1 Å². The van der Waals surface area contributed by atoms with E-state index in [0.29, 0.717) is 12.1 Å². The smallest absolute Gasteiger partial charge is 0.129 e. The van der Waals surface area contributed by atoms with Crippen molar-refractivity contribution in [3.8, 4) is 5.75 Å². The number of para-hydroxylation sites is 2.